The van der Waals surface area contributed by atoms with Crippen molar-refractivity contribution in [3.05, 3.63) is 46.9 Å². The van der Waals surface area contributed by atoms with Crippen molar-refractivity contribution < 1.29 is 9.53 Å². The van der Waals surface area contributed by atoms with Crippen LogP contribution in [0.2, 0.25) is 0 Å². The van der Waals surface area contributed by atoms with Gasteiger partial charge in [-0.2, -0.15) is 0 Å². The Morgan fingerprint density at radius 3 is 2.62 bits per heavy atom. The third-order valence-corrected chi connectivity index (χ3v) is 3.66. The molecule has 0 atom stereocenters. The zero-order valence-corrected chi connectivity index (χ0v) is 14.6. The Kier molecular flexibility index (Phi) is 6.26. The van der Waals surface area contributed by atoms with Gasteiger partial charge in [0.05, 0.1) is 0 Å². The molecule has 1 aromatic carbocycles. The molecule has 0 spiro atoms. The van der Waals surface area contributed by atoms with Crippen LogP contribution < -0.4 is 10.6 Å². The summed E-state index contributed by atoms with van der Waals surface area (Å²) in [6, 6.07) is 7.75. The molecule has 1 heterocycles. The van der Waals surface area contributed by atoms with E-state index in [1.165, 1.54) is 11.1 Å². The van der Waals surface area contributed by atoms with Crippen molar-refractivity contribution in [1.29, 1.82) is 0 Å². The fourth-order valence-corrected chi connectivity index (χ4v) is 2.22. The van der Waals surface area contributed by atoms with E-state index in [-0.39, 0.29) is 5.91 Å². The summed E-state index contributed by atoms with van der Waals surface area (Å²) in [6.45, 7) is 7.07. The Morgan fingerprint density at radius 2 is 1.92 bits per heavy atom. The average molecular weight is 328 g/mol. The predicted octanol–water partition coefficient (Wildman–Crippen LogP) is 2.91. The van der Waals surface area contributed by atoms with Crippen LogP contribution in [0.25, 0.3) is 0 Å². The lowest BCUT2D eigenvalue weighted by Gasteiger charge is -2.10. The smallest absolute Gasteiger partial charge is 0.270 e. The summed E-state index contributed by atoms with van der Waals surface area (Å²) < 4.78 is 4.97. The van der Waals surface area contributed by atoms with Gasteiger partial charge in [0.25, 0.3) is 5.91 Å². The van der Waals surface area contributed by atoms with Gasteiger partial charge in [-0.15, -0.1) is 0 Å². The molecule has 0 saturated heterocycles. The minimum absolute atomic E-state index is 0.209. The third kappa shape index (κ3) is 5.03. The third-order valence-electron chi connectivity index (χ3n) is 3.66. The molecule has 0 saturated carbocycles. The van der Waals surface area contributed by atoms with Crippen LogP contribution in [-0.2, 0) is 4.74 Å². The van der Waals surface area contributed by atoms with Gasteiger partial charge >= 0.3 is 0 Å². The van der Waals surface area contributed by atoms with Crippen molar-refractivity contribution in [2.75, 3.05) is 25.6 Å². The SMILES string of the molecule is COCCCNC(=O)c1cc(Nc2ccc(C)c(C)c2)nc(C)n1. The number of ether oxygens (including phenoxy) is 1. The van der Waals surface area contributed by atoms with Gasteiger partial charge in [0.2, 0.25) is 0 Å². The van der Waals surface area contributed by atoms with Gasteiger partial charge in [0, 0.05) is 32.0 Å². The van der Waals surface area contributed by atoms with Gasteiger partial charge in [-0.3, -0.25) is 4.79 Å². The normalized spacial score (nSPS) is 10.5. The highest BCUT2D eigenvalue weighted by molar-refractivity contribution is 5.93. The van der Waals surface area contributed by atoms with Crippen LogP contribution in [0.15, 0.2) is 24.3 Å². The van der Waals surface area contributed by atoms with Crippen LogP contribution in [0, 0.1) is 20.8 Å². The van der Waals surface area contributed by atoms with Crippen molar-refractivity contribution in [2.24, 2.45) is 0 Å². The number of hydrogen-bond donors (Lipinski definition) is 2. The van der Waals surface area contributed by atoms with Crippen LogP contribution in [0.3, 0.4) is 0 Å². The van der Waals surface area contributed by atoms with Gasteiger partial charge in [0.1, 0.15) is 17.3 Å². The molecule has 0 aliphatic heterocycles. The number of methoxy groups -OCH3 is 1. The summed E-state index contributed by atoms with van der Waals surface area (Å²) >= 11 is 0. The Hall–Kier alpha value is -2.47. The van der Waals surface area contributed by atoms with E-state index in [1.807, 2.05) is 6.07 Å². The lowest BCUT2D eigenvalue weighted by atomic mass is 10.1. The molecule has 0 aliphatic rings. The highest BCUT2D eigenvalue weighted by atomic mass is 16.5. The van der Waals surface area contributed by atoms with E-state index in [2.05, 4.69) is 46.6 Å². The molecule has 1 aromatic heterocycles. The van der Waals surface area contributed by atoms with E-state index in [0.29, 0.717) is 30.5 Å². The number of nitrogens with one attached hydrogen (secondary N) is 2. The van der Waals surface area contributed by atoms with Gasteiger partial charge < -0.3 is 15.4 Å². The quantitative estimate of drug-likeness (QED) is 0.764. The average Bonchev–Trinajstić information content (AvgIpc) is 2.54. The van der Waals surface area contributed by atoms with E-state index in [0.717, 1.165) is 12.1 Å². The zero-order valence-electron chi connectivity index (χ0n) is 14.6. The van der Waals surface area contributed by atoms with Crippen molar-refractivity contribution in [3.63, 3.8) is 0 Å². The first-order chi connectivity index (χ1) is 11.5. The monoisotopic (exact) mass is 328 g/mol. The summed E-state index contributed by atoms with van der Waals surface area (Å²) in [7, 11) is 1.64. The van der Waals surface area contributed by atoms with Crippen molar-refractivity contribution in [1.82, 2.24) is 15.3 Å². The number of hydrogen-bond acceptors (Lipinski definition) is 5. The van der Waals surface area contributed by atoms with Gasteiger partial charge in [0.15, 0.2) is 0 Å². The molecule has 0 bridgehead atoms. The fraction of sp³-hybridized carbons (Fsp3) is 0.389. The first-order valence-corrected chi connectivity index (χ1v) is 7.96. The van der Waals surface area contributed by atoms with E-state index in [9.17, 15) is 4.79 Å². The van der Waals surface area contributed by atoms with Gasteiger partial charge in [-0.25, -0.2) is 9.97 Å². The minimum Gasteiger partial charge on any atom is -0.385 e. The molecule has 2 N–H and O–H groups in total. The Balaban J connectivity index is 2.10. The molecule has 0 unspecified atom stereocenters. The standard InChI is InChI=1S/C18H24N4O2/c1-12-6-7-15(10-13(12)2)22-17-11-16(20-14(3)21-17)18(23)19-8-5-9-24-4/h6-7,10-11H,5,8-9H2,1-4H3,(H,19,23)(H,20,21,22). The molecule has 6 heteroatoms. The molecule has 0 aliphatic carbocycles. The lowest BCUT2D eigenvalue weighted by molar-refractivity contribution is 0.0943. The van der Waals surface area contributed by atoms with Crippen LogP contribution in [0.4, 0.5) is 11.5 Å². The molecule has 0 fully saturated rings. The Bertz CT molecular complexity index is 716. The molecule has 2 aromatic rings. The topological polar surface area (TPSA) is 76.1 Å². The van der Waals surface area contributed by atoms with Crippen molar-refractivity contribution >= 4 is 17.4 Å². The molecule has 128 valence electrons. The number of aryl methyl sites for hydroxylation is 3. The van der Waals surface area contributed by atoms with Crippen LogP contribution >= 0.6 is 0 Å². The first-order valence-electron chi connectivity index (χ1n) is 7.96. The summed E-state index contributed by atoms with van der Waals surface area (Å²) in [5, 5.41) is 6.06. The number of benzene rings is 1. The number of nitrogens with zero attached hydrogens (tertiary/aromatic N) is 2. The summed E-state index contributed by atoms with van der Waals surface area (Å²) in [6.07, 6.45) is 0.764. The van der Waals surface area contributed by atoms with Gasteiger partial charge in [-0.05, 0) is 50.5 Å². The second kappa shape index (κ2) is 8.40. The van der Waals surface area contributed by atoms with E-state index in [1.54, 1.807) is 20.1 Å². The summed E-state index contributed by atoms with van der Waals surface area (Å²) in [5.41, 5.74) is 3.71. The number of aromatic nitrogens is 2. The van der Waals surface area contributed by atoms with E-state index < -0.39 is 0 Å². The lowest BCUT2D eigenvalue weighted by Crippen LogP contribution is -2.26. The Morgan fingerprint density at radius 1 is 1.12 bits per heavy atom. The molecule has 6 nitrogen and oxygen atoms in total. The number of amides is 1. The maximum atomic E-state index is 12.2. The highest BCUT2D eigenvalue weighted by Crippen LogP contribution is 2.19. The largest absolute Gasteiger partial charge is 0.385 e. The van der Waals surface area contributed by atoms with Gasteiger partial charge in [-0.1, -0.05) is 6.07 Å². The van der Waals surface area contributed by atoms with Crippen LogP contribution in [0.5, 0.6) is 0 Å². The first kappa shape index (κ1) is 17.9. The number of rotatable bonds is 7. The number of carbonyl (C=O) groups excluding carboxylic acids is 1. The summed E-state index contributed by atoms with van der Waals surface area (Å²) in [4.78, 5) is 20.8. The van der Waals surface area contributed by atoms with Crippen LogP contribution in [-0.4, -0.2) is 36.1 Å². The fourth-order valence-electron chi connectivity index (χ4n) is 2.22. The molecule has 24 heavy (non-hydrogen) atoms. The van der Waals surface area contributed by atoms with Crippen molar-refractivity contribution in [3.8, 4) is 0 Å². The van der Waals surface area contributed by atoms with Crippen molar-refractivity contribution in [2.45, 2.75) is 27.2 Å². The Labute approximate surface area is 142 Å². The summed E-state index contributed by atoms with van der Waals surface area (Å²) in [5.74, 6) is 0.943. The highest BCUT2D eigenvalue weighted by Gasteiger charge is 2.10. The molecule has 1 amide bonds. The van der Waals surface area contributed by atoms with E-state index >= 15 is 0 Å². The maximum absolute atomic E-state index is 12.2. The minimum atomic E-state index is -0.209. The molecular formula is C18H24N4O2. The number of carbonyl (C=O) groups is 1. The van der Waals surface area contributed by atoms with Crippen LogP contribution in [0.1, 0.15) is 33.9 Å². The molecule has 0 radical (unpaired) electrons. The number of anilines is 2. The molecule has 2 rings (SSSR count). The second-order valence-corrected chi connectivity index (χ2v) is 5.71. The molecular weight excluding hydrogens is 304 g/mol. The second-order valence-electron chi connectivity index (χ2n) is 5.71. The van der Waals surface area contributed by atoms with E-state index in [4.69, 9.17) is 4.74 Å². The maximum Gasteiger partial charge on any atom is 0.270 e. The predicted molar refractivity (Wildman–Crippen MR) is 94.8 cm³/mol. The zero-order chi connectivity index (χ0) is 17.5.